The van der Waals surface area contributed by atoms with Gasteiger partial charge in [0.2, 0.25) is 0 Å². The molecule has 0 aliphatic heterocycles. The predicted molar refractivity (Wildman–Crippen MR) is 65.4 cm³/mol. The van der Waals surface area contributed by atoms with Crippen LogP contribution in [0.1, 0.15) is 22.8 Å². The van der Waals surface area contributed by atoms with E-state index < -0.39 is 10.9 Å². The molecule has 0 radical (unpaired) electrons. The molecule has 19 heavy (non-hydrogen) atoms. The first-order valence-electron chi connectivity index (χ1n) is 5.49. The van der Waals surface area contributed by atoms with E-state index in [4.69, 9.17) is 9.47 Å². The summed E-state index contributed by atoms with van der Waals surface area (Å²) in [6, 6.07) is 2.44. The van der Waals surface area contributed by atoms with Crippen LogP contribution in [0.4, 0.5) is 5.69 Å². The van der Waals surface area contributed by atoms with Crippen molar-refractivity contribution in [2.24, 2.45) is 0 Å². The van der Waals surface area contributed by atoms with Crippen LogP contribution in [0.3, 0.4) is 0 Å². The summed E-state index contributed by atoms with van der Waals surface area (Å²) in [4.78, 5) is 32.5. The molecule has 0 bridgehead atoms. The van der Waals surface area contributed by atoms with Gasteiger partial charge in [-0.25, -0.2) is 0 Å². The van der Waals surface area contributed by atoms with Crippen LogP contribution < -0.4 is 4.74 Å². The van der Waals surface area contributed by atoms with Gasteiger partial charge in [-0.3, -0.25) is 19.7 Å². The van der Waals surface area contributed by atoms with Gasteiger partial charge >= 0.3 is 5.97 Å². The fraction of sp³-hybridized carbons (Fsp3) is 0.333. The highest BCUT2D eigenvalue weighted by Crippen LogP contribution is 2.30. The van der Waals surface area contributed by atoms with Crippen molar-refractivity contribution in [3.63, 3.8) is 0 Å². The van der Waals surface area contributed by atoms with E-state index in [0.29, 0.717) is 6.29 Å². The Hall–Kier alpha value is -2.44. The van der Waals surface area contributed by atoms with Crippen molar-refractivity contribution in [2.75, 3.05) is 13.7 Å². The molecule has 7 nitrogen and oxygen atoms in total. The molecule has 1 rings (SSSR count). The molecule has 0 spiro atoms. The monoisotopic (exact) mass is 267 g/mol. The van der Waals surface area contributed by atoms with E-state index in [1.165, 1.54) is 13.2 Å². The summed E-state index contributed by atoms with van der Waals surface area (Å²) in [5.74, 6) is -0.480. The van der Waals surface area contributed by atoms with Gasteiger partial charge < -0.3 is 9.47 Å². The Balaban J connectivity index is 3.29. The van der Waals surface area contributed by atoms with Gasteiger partial charge in [-0.2, -0.15) is 0 Å². The van der Waals surface area contributed by atoms with E-state index in [0.717, 1.165) is 6.07 Å². The molecule has 0 aliphatic carbocycles. The van der Waals surface area contributed by atoms with Crippen LogP contribution in [-0.2, 0) is 16.0 Å². The summed E-state index contributed by atoms with van der Waals surface area (Å²) in [5.41, 5.74) is -0.137. The van der Waals surface area contributed by atoms with Crippen LogP contribution in [0.15, 0.2) is 12.1 Å². The predicted octanol–water partition coefficient (Wildman–Crippen LogP) is 1.52. The van der Waals surface area contributed by atoms with E-state index in [1.807, 2.05) is 0 Å². The second kappa shape index (κ2) is 6.48. The third kappa shape index (κ3) is 3.51. The SMILES string of the molecule is CCOC(=O)Cc1c(OC)cc(C=O)cc1[N+](=O)[O-]. The molecule has 7 heteroatoms. The van der Waals surface area contributed by atoms with Crippen LogP contribution >= 0.6 is 0 Å². The summed E-state index contributed by atoms with van der Waals surface area (Å²) in [6.07, 6.45) is 0.191. The van der Waals surface area contributed by atoms with Gasteiger partial charge in [-0.15, -0.1) is 0 Å². The Kier molecular flexibility index (Phi) is 4.99. The third-order valence-corrected chi connectivity index (χ3v) is 2.39. The van der Waals surface area contributed by atoms with Crippen LogP contribution in [0.5, 0.6) is 5.75 Å². The van der Waals surface area contributed by atoms with Crippen molar-refractivity contribution in [3.05, 3.63) is 33.4 Å². The van der Waals surface area contributed by atoms with E-state index in [2.05, 4.69) is 0 Å². The number of carbonyl (C=O) groups excluding carboxylic acids is 2. The molecular formula is C12H13NO6. The first-order chi connectivity index (χ1) is 9.03. The number of hydrogen-bond acceptors (Lipinski definition) is 6. The Morgan fingerprint density at radius 3 is 2.63 bits per heavy atom. The van der Waals surface area contributed by atoms with Crippen molar-refractivity contribution in [2.45, 2.75) is 13.3 Å². The molecule has 0 fully saturated rings. The number of esters is 1. The number of ether oxygens (including phenoxy) is 2. The minimum Gasteiger partial charge on any atom is -0.496 e. The number of nitro groups is 1. The number of nitro benzene ring substituents is 1. The average molecular weight is 267 g/mol. The van der Waals surface area contributed by atoms with E-state index in [1.54, 1.807) is 6.92 Å². The van der Waals surface area contributed by atoms with Crippen LogP contribution in [-0.4, -0.2) is 30.9 Å². The molecule has 0 N–H and O–H groups in total. The molecule has 0 saturated carbocycles. The summed E-state index contributed by atoms with van der Waals surface area (Å²) < 4.78 is 9.74. The summed E-state index contributed by atoms with van der Waals surface area (Å²) in [6.45, 7) is 1.82. The van der Waals surface area contributed by atoms with Gasteiger partial charge in [-0.05, 0) is 13.0 Å². The Morgan fingerprint density at radius 1 is 1.47 bits per heavy atom. The molecule has 0 aliphatic rings. The largest absolute Gasteiger partial charge is 0.496 e. The molecule has 1 aromatic rings. The lowest BCUT2D eigenvalue weighted by Crippen LogP contribution is -2.11. The Bertz CT molecular complexity index is 511. The van der Waals surface area contributed by atoms with Crippen LogP contribution in [0.2, 0.25) is 0 Å². The van der Waals surface area contributed by atoms with Crippen molar-refractivity contribution < 1.29 is 24.0 Å². The summed E-state index contributed by atoms with van der Waals surface area (Å²) in [7, 11) is 1.31. The van der Waals surface area contributed by atoms with Crippen LogP contribution in [0.25, 0.3) is 0 Å². The second-order valence-corrected chi connectivity index (χ2v) is 3.58. The maximum absolute atomic E-state index is 11.4. The lowest BCUT2D eigenvalue weighted by Gasteiger charge is -2.09. The number of benzene rings is 1. The van der Waals surface area contributed by atoms with E-state index in [-0.39, 0.29) is 35.6 Å². The number of carbonyl (C=O) groups is 2. The highest BCUT2D eigenvalue weighted by Gasteiger charge is 2.23. The molecule has 1 aromatic carbocycles. The molecular weight excluding hydrogens is 254 g/mol. The quantitative estimate of drug-likeness (QED) is 0.335. The Morgan fingerprint density at radius 2 is 2.16 bits per heavy atom. The number of hydrogen-bond donors (Lipinski definition) is 0. The highest BCUT2D eigenvalue weighted by atomic mass is 16.6. The molecule has 0 amide bonds. The second-order valence-electron chi connectivity index (χ2n) is 3.58. The summed E-state index contributed by atoms with van der Waals surface area (Å²) in [5, 5.41) is 11.0. The standard InChI is InChI=1S/C12H13NO6/c1-3-19-12(15)6-9-10(13(16)17)4-8(7-14)5-11(9)18-2/h4-5,7H,3,6H2,1-2H3. The molecule has 102 valence electrons. The lowest BCUT2D eigenvalue weighted by molar-refractivity contribution is -0.385. The van der Waals surface area contributed by atoms with Gasteiger partial charge in [0, 0.05) is 11.6 Å². The van der Waals surface area contributed by atoms with Gasteiger partial charge in [0.1, 0.15) is 12.0 Å². The normalized spacial score (nSPS) is 9.79. The zero-order valence-corrected chi connectivity index (χ0v) is 10.5. The van der Waals surface area contributed by atoms with Crippen LogP contribution in [0, 0.1) is 10.1 Å². The highest BCUT2D eigenvalue weighted by molar-refractivity contribution is 5.81. The zero-order chi connectivity index (χ0) is 14.4. The van der Waals surface area contributed by atoms with Crippen molar-refractivity contribution in [1.29, 1.82) is 0 Å². The fourth-order valence-electron chi connectivity index (χ4n) is 1.60. The first kappa shape index (κ1) is 14.6. The van der Waals surface area contributed by atoms with Crippen molar-refractivity contribution >= 4 is 17.9 Å². The number of methoxy groups -OCH3 is 1. The van der Waals surface area contributed by atoms with Gasteiger partial charge in [0.05, 0.1) is 30.6 Å². The maximum atomic E-state index is 11.4. The molecule has 0 heterocycles. The molecule has 0 saturated heterocycles. The molecule has 0 unspecified atom stereocenters. The number of aldehydes is 1. The van der Waals surface area contributed by atoms with Gasteiger partial charge in [0.25, 0.3) is 5.69 Å². The van der Waals surface area contributed by atoms with Crippen molar-refractivity contribution in [1.82, 2.24) is 0 Å². The minimum absolute atomic E-state index is 0.0940. The van der Waals surface area contributed by atoms with Gasteiger partial charge in [-0.1, -0.05) is 0 Å². The molecule has 0 aromatic heterocycles. The van der Waals surface area contributed by atoms with E-state index >= 15 is 0 Å². The topological polar surface area (TPSA) is 95.7 Å². The average Bonchev–Trinajstić information content (AvgIpc) is 2.38. The Labute approximate surface area is 109 Å². The zero-order valence-electron chi connectivity index (χ0n) is 10.5. The number of rotatable bonds is 6. The minimum atomic E-state index is -0.663. The number of nitrogens with zero attached hydrogens (tertiary/aromatic N) is 1. The van der Waals surface area contributed by atoms with Crippen molar-refractivity contribution in [3.8, 4) is 5.75 Å². The molecule has 0 atom stereocenters. The van der Waals surface area contributed by atoms with Gasteiger partial charge in [0.15, 0.2) is 0 Å². The summed E-state index contributed by atoms with van der Waals surface area (Å²) >= 11 is 0. The fourth-order valence-corrected chi connectivity index (χ4v) is 1.60. The maximum Gasteiger partial charge on any atom is 0.310 e. The third-order valence-electron chi connectivity index (χ3n) is 2.39. The smallest absolute Gasteiger partial charge is 0.310 e. The van der Waals surface area contributed by atoms with E-state index in [9.17, 15) is 19.7 Å². The lowest BCUT2D eigenvalue weighted by atomic mass is 10.1. The first-order valence-corrected chi connectivity index (χ1v) is 5.49.